The second-order valence-corrected chi connectivity index (χ2v) is 10.7. The van der Waals surface area contributed by atoms with Crippen LogP contribution in [0.1, 0.15) is 37.0 Å². The van der Waals surface area contributed by atoms with Crippen molar-refractivity contribution in [3.05, 3.63) is 35.2 Å². The van der Waals surface area contributed by atoms with Crippen LogP contribution < -0.4 is 10.1 Å². The third-order valence-electron chi connectivity index (χ3n) is 6.72. The van der Waals surface area contributed by atoms with E-state index in [1.54, 1.807) is 29.4 Å². The van der Waals surface area contributed by atoms with Gasteiger partial charge in [-0.3, -0.25) is 4.79 Å². The van der Waals surface area contributed by atoms with Gasteiger partial charge in [0.2, 0.25) is 0 Å². The molecule has 3 aromatic heterocycles. The Kier molecular flexibility index (Phi) is 6.38. The molecule has 1 aliphatic heterocycles. The van der Waals surface area contributed by atoms with E-state index in [0.29, 0.717) is 35.8 Å². The summed E-state index contributed by atoms with van der Waals surface area (Å²) in [6.45, 7) is 6.22. The van der Waals surface area contributed by atoms with Crippen molar-refractivity contribution in [2.45, 2.75) is 39.3 Å². The fraction of sp³-hybridized carbons (Fsp3) is 0.423. The van der Waals surface area contributed by atoms with Gasteiger partial charge in [0.15, 0.2) is 5.82 Å². The van der Waals surface area contributed by atoms with Crippen LogP contribution in [0.2, 0.25) is 0 Å². The van der Waals surface area contributed by atoms with E-state index in [4.69, 9.17) is 14.8 Å². The van der Waals surface area contributed by atoms with Gasteiger partial charge in [-0.05, 0) is 48.4 Å². The summed E-state index contributed by atoms with van der Waals surface area (Å²) in [5.74, 6) is 1.72. The highest BCUT2D eigenvalue weighted by molar-refractivity contribution is 7.16. The first kappa shape index (κ1) is 24.2. The summed E-state index contributed by atoms with van der Waals surface area (Å²) >= 11 is 1.73. The molecule has 190 valence electrons. The maximum atomic E-state index is 13.4. The van der Waals surface area contributed by atoms with E-state index in [9.17, 15) is 9.59 Å². The van der Waals surface area contributed by atoms with Gasteiger partial charge in [0.05, 0.1) is 18.3 Å². The average Bonchev–Trinajstić information content (AvgIpc) is 3.52. The van der Waals surface area contributed by atoms with Crippen LogP contribution >= 0.6 is 11.3 Å². The highest BCUT2D eigenvalue weighted by Crippen LogP contribution is 2.36. The maximum absolute atomic E-state index is 13.4. The van der Waals surface area contributed by atoms with Gasteiger partial charge in [0, 0.05) is 43.7 Å². The molecule has 0 aliphatic carbocycles. The third-order valence-corrected chi connectivity index (χ3v) is 7.67. The van der Waals surface area contributed by atoms with Crippen molar-refractivity contribution < 1.29 is 19.4 Å². The molecule has 0 spiro atoms. The number of fused-ring (bicyclic) bond motifs is 2. The molecule has 1 aliphatic rings. The molecule has 1 atom stereocenters. The monoisotopic (exact) mass is 509 g/mol. The SMILES string of the molecule is COc1cc(C(=O)N2CCC[C@@H](NC(=O)O)C2)cc2nc(-c3cc4ccsc4n3CC(C)C)n(C)c12. The molecular formula is C26H31N5O4S. The Labute approximate surface area is 213 Å². The molecule has 0 bridgehead atoms. The minimum Gasteiger partial charge on any atom is -0.494 e. The number of ether oxygens (including phenoxy) is 1. The second kappa shape index (κ2) is 9.50. The number of nitrogens with zero attached hydrogens (tertiary/aromatic N) is 4. The molecule has 9 nitrogen and oxygen atoms in total. The predicted octanol–water partition coefficient (Wildman–Crippen LogP) is 4.79. The van der Waals surface area contributed by atoms with E-state index in [0.717, 1.165) is 36.4 Å². The molecule has 0 radical (unpaired) electrons. The first-order chi connectivity index (χ1) is 17.3. The van der Waals surface area contributed by atoms with Crippen LogP contribution in [0.4, 0.5) is 4.79 Å². The van der Waals surface area contributed by atoms with Gasteiger partial charge >= 0.3 is 6.09 Å². The van der Waals surface area contributed by atoms with E-state index in [1.807, 2.05) is 17.7 Å². The van der Waals surface area contributed by atoms with Crippen molar-refractivity contribution in [3.63, 3.8) is 0 Å². The van der Waals surface area contributed by atoms with Crippen LogP contribution in [0.5, 0.6) is 5.75 Å². The first-order valence-electron chi connectivity index (χ1n) is 12.2. The van der Waals surface area contributed by atoms with Gasteiger partial charge in [0.25, 0.3) is 5.91 Å². The zero-order valence-corrected chi connectivity index (χ0v) is 21.8. The highest BCUT2D eigenvalue weighted by atomic mass is 32.1. The Morgan fingerprint density at radius 1 is 1.31 bits per heavy atom. The molecule has 0 unspecified atom stereocenters. The van der Waals surface area contributed by atoms with Crippen molar-refractivity contribution in [2.24, 2.45) is 13.0 Å². The lowest BCUT2D eigenvalue weighted by Crippen LogP contribution is -2.49. The number of aromatic nitrogens is 3. The largest absolute Gasteiger partial charge is 0.494 e. The number of carbonyl (C=O) groups is 2. The Morgan fingerprint density at radius 3 is 2.83 bits per heavy atom. The molecule has 2 N–H and O–H groups in total. The molecule has 1 fully saturated rings. The standard InChI is InChI=1S/C26H31N5O4S/c1-15(2)13-31-20(11-16-7-9-36-25(16)31)23-28-19-10-17(12-21(35-4)22(19)29(23)3)24(32)30-8-5-6-18(14-30)27-26(33)34/h7,9-12,15,18,27H,5-6,8,13-14H2,1-4H3,(H,33,34)/t18-/m1/s1. The van der Waals surface area contributed by atoms with Crippen molar-refractivity contribution in [1.29, 1.82) is 0 Å². The average molecular weight is 510 g/mol. The van der Waals surface area contributed by atoms with E-state index in [1.165, 1.54) is 10.2 Å². The molecule has 0 saturated carbocycles. The molecule has 1 saturated heterocycles. The molecule has 36 heavy (non-hydrogen) atoms. The third kappa shape index (κ3) is 4.30. The summed E-state index contributed by atoms with van der Waals surface area (Å²) < 4.78 is 10.1. The number of nitrogens with one attached hydrogen (secondary N) is 1. The number of rotatable bonds is 6. The van der Waals surface area contributed by atoms with Gasteiger partial charge in [-0.15, -0.1) is 11.3 Å². The summed E-state index contributed by atoms with van der Waals surface area (Å²) in [6.07, 6.45) is 0.393. The Morgan fingerprint density at radius 2 is 2.11 bits per heavy atom. The molecule has 1 aromatic carbocycles. The summed E-state index contributed by atoms with van der Waals surface area (Å²) in [4.78, 5) is 32.4. The number of imidazole rings is 1. The normalized spacial score (nSPS) is 16.2. The number of carboxylic acid groups (broad SMARTS) is 1. The lowest BCUT2D eigenvalue weighted by Gasteiger charge is -2.32. The highest BCUT2D eigenvalue weighted by Gasteiger charge is 2.27. The zero-order valence-electron chi connectivity index (χ0n) is 20.9. The molecule has 10 heteroatoms. The zero-order chi connectivity index (χ0) is 25.6. The van der Waals surface area contributed by atoms with Crippen molar-refractivity contribution in [1.82, 2.24) is 24.3 Å². The number of piperidine rings is 1. The van der Waals surface area contributed by atoms with Gasteiger partial charge in [-0.1, -0.05) is 13.8 Å². The van der Waals surface area contributed by atoms with Crippen LogP contribution in [-0.4, -0.2) is 62.4 Å². The second-order valence-electron chi connectivity index (χ2n) is 9.80. The number of amides is 2. The van der Waals surface area contributed by atoms with Crippen LogP contribution in [0.3, 0.4) is 0 Å². The first-order valence-corrected chi connectivity index (χ1v) is 13.0. The predicted molar refractivity (Wildman–Crippen MR) is 141 cm³/mol. The minimum absolute atomic E-state index is 0.150. The quantitative estimate of drug-likeness (QED) is 0.389. The number of likely N-dealkylation sites (tertiary alicyclic amines) is 1. The Bertz CT molecular complexity index is 1450. The summed E-state index contributed by atoms with van der Waals surface area (Å²) in [7, 11) is 3.57. The number of aryl methyl sites for hydroxylation is 1. The van der Waals surface area contributed by atoms with Crippen molar-refractivity contribution in [2.75, 3.05) is 20.2 Å². The van der Waals surface area contributed by atoms with E-state index in [2.05, 4.69) is 41.2 Å². The number of hydrogen-bond donors (Lipinski definition) is 2. The topological polar surface area (TPSA) is 102 Å². The van der Waals surface area contributed by atoms with Crippen LogP contribution in [0.15, 0.2) is 29.6 Å². The smallest absolute Gasteiger partial charge is 0.404 e. The number of hydrogen-bond acceptors (Lipinski definition) is 5. The lowest BCUT2D eigenvalue weighted by atomic mass is 10.0. The van der Waals surface area contributed by atoms with Gasteiger partial charge < -0.3 is 29.2 Å². The van der Waals surface area contributed by atoms with Gasteiger partial charge in [-0.2, -0.15) is 0 Å². The minimum atomic E-state index is -1.07. The lowest BCUT2D eigenvalue weighted by molar-refractivity contribution is 0.0692. The summed E-state index contributed by atoms with van der Waals surface area (Å²) in [6, 6.07) is 7.62. The molecule has 4 heterocycles. The summed E-state index contributed by atoms with van der Waals surface area (Å²) in [5.41, 5.74) is 3.04. The van der Waals surface area contributed by atoms with E-state index >= 15 is 0 Å². The van der Waals surface area contributed by atoms with Gasteiger partial charge in [0.1, 0.15) is 16.1 Å². The number of carbonyl (C=O) groups excluding carboxylic acids is 1. The Balaban J connectivity index is 1.55. The molecular weight excluding hydrogens is 478 g/mol. The fourth-order valence-electron chi connectivity index (χ4n) is 5.16. The van der Waals surface area contributed by atoms with Crippen LogP contribution in [0, 0.1) is 5.92 Å². The van der Waals surface area contributed by atoms with Crippen LogP contribution in [-0.2, 0) is 13.6 Å². The fourth-order valence-corrected chi connectivity index (χ4v) is 6.07. The molecule has 4 aromatic rings. The summed E-state index contributed by atoms with van der Waals surface area (Å²) in [5, 5.41) is 14.9. The number of methoxy groups -OCH3 is 1. The van der Waals surface area contributed by atoms with Gasteiger partial charge in [-0.25, -0.2) is 9.78 Å². The molecule has 2 amide bonds. The molecule has 5 rings (SSSR count). The van der Waals surface area contributed by atoms with E-state index in [-0.39, 0.29) is 11.9 Å². The van der Waals surface area contributed by atoms with E-state index < -0.39 is 6.09 Å². The van der Waals surface area contributed by atoms with Crippen molar-refractivity contribution in [3.8, 4) is 17.3 Å². The number of thiophene rings is 1. The van der Waals surface area contributed by atoms with Crippen molar-refractivity contribution >= 4 is 44.6 Å². The number of benzene rings is 1. The maximum Gasteiger partial charge on any atom is 0.404 e. The Hall–Kier alpha value is -3.53. The van der Waals surface area contributed by atoms with Crippen LogP contribution in [0.25, 0.3) is 32.8 Å².